The van der Waals surface area contributed by atoms with Crippen molar-refractivity contribution in [2.75, 3.05) is 0 Å². The lowest BCUT2D eigenvalue weighted by atomic mass is 9.88. The van der Waals surface area contributed by atoms with E-state index in [1.807, 2.05) is 6.92 Å². The number of aromatic nitrogens is 3. The Hall–Kier alpha value is -2.10. The summed E-state index contributed by atoms with van der Waals surface area (Å²) < 4.78 is 20.8. The Bertz CT molecular complexity index is 1040. The van der Waals surface area contributed by atoms with Crippen LogP contribution < -0.4 is 0 Å². The smallest absolute Gasteiger partial charge is 0.164 e. The minimum absolute atomic E-state index is 0.000352. The minimum atomic E-state index is -1.81. The van der Waals surface area contributed by atoms with Crippen LogP contribution in [0.15, 0.2) is 36.8 Å². The van der Waals surface area contributed by atoms with Crippen LogP contribution in [0.25, 0.3) is 11.0 Å². The Morgan fingerprint density at radius 2 is 2.07 bits per heavy atom. The number of aliphatic hydroxyl groups excluding tert-OH is 2. The number of ether oxygens (including phenoxy) is 1. The second-order valence-electron chi connectivity index (χ2n) is 7.15. The maximum atomic E-state index is 13.3. The summed E-state index contributed by atoms with van der Waals surface area (Å²) in [6.07, 6.45) is -1.89. The normalized spacial score (nSPS) is 28.8. The molecule has 4 rings (SSSR count). The Balaban J connectivity index is 1.72. The monoisotopic (exact) mass is 407 g/mol. The minimum Gasteiger partial charge on any atom is -0.386 e. The van der Waals surface area contributed by atoms with Crippen LogP contribution in [-0.4, -0.2) is 47.7 Å². The Morgan fingerprint density at radius 3 is 2.79 bits per heavy atom. The fraction of sp³-hybridized carbons (Fsp3) is 0.368. The van der Waals surface area contributed by atoms with Crippen molar-refractivity contribution in [1.29, 1.82) is 0 Å². The van der Waals surface area contributed by atoms with Gasteiger partial charge in [-0.25, -0.2) is 14.4 Å². The van der Waals surface area contributed by atoms with E-state index in [0.717, 1.165) is 23.2 Å². The van der Waals surface area contributed by atoms with Gasteiger partial charge in [-0.1, -0.05) is 17.7 Å². The molecular formula is C19H19ClFN3O4. The van der Waals surface area contributed by atoms with E-state index < -0.39 is 36.0 Å². The van der Waals surface area contributed by atoms with Crippen molar-refractivity contribution in [2.24, 2.45) is 0 Å². The van der Waals surface area contributed by atoms with Crippen molar-refractivity contribution < 1.29 is 24.4 Å². The van der Waals surface area contributed by atoms with Crippen molar-refractivity contribution in [3.8, 4) is 0 Å². The Kier molecular flexibility index (Phi) is 4.64. The number of nitrogens with zero attached hydrogens (tertiary/aromatic N) is 3. The molecule has 3 aromatic rings. The first-order chi connectivity index (χ1) is 13.2. The first kappa shape index (κ1) is 19.2. The zero-order valence-electron chi connectivity index (χ0n) is 15.1. The maximum Gasteiger partial charge on any atom is 0.164 e. The Labute approximate surface area is 165 Å². The van der Waals surface area contributed by atoms with Crippen LogP contribution in [0, 0.1) is 12.7 Å². The molecule has 0 aliphatic carbocycles. The molecule has 148 valence electrons. The van der Waals surface area contributed by atoms with Crippen LogP contribution in [0.3, 0.4) is 0 Å². The van der Waals surface area contributed by atoms with Crippen LogP contribution in [0.1, 0.15) is 30.5 Å². The summed E-state index contributed by atoms with van der Waals surface area (Å²) in [7, 11) is 0. The molecule has 3 heterocycles. The molecule has 0 amide bonds. The number of hydrogen-bond donors (Lipinski definition) is 3. The number of aryl methyl sites for hydroxylation is 1. The van der Waals surface area contributed by atoms with E-state index in [4.69, 9.17) is 16.3 Å². The largest absolute Gasteiger partial charge is 0.386 e. The van der Waals surface area contributed by atoms with Gasteiger partial charge in [0.05, 0.1) is 5.69 Å². The summed E-state index contributed by atoms with van der Waals surface area (Å²) in [6, 6.07) is 5.33. The van der Waals surface area contributed by atoms with Gasteiger partial charge in [0, 0.05) is 22.2 Å². The molecule has 28 heavy (non-hydrogen) atoms. The van der Waals surface area contributed by atoms with Gasteiger partial charge in [-0.15, -0.1) is 0 Å². The number of aliphatic hydroxyl groups is 3. The summed E-state index contributed by atoms with van der Waals surface area (Å²) in [6.45, 7) is 3.20. The molecule has 1 aliphatic rings. The molecule has 7 nitrogen and oxygen atoms in total. The van der Waals surface area contributed by atoms with E-state index in [0.29, 0.717) is 5.65 Å². The molecule has 0 spiro atoms. The van der Waals surface area contributed by atoms with Gasteiger partial charge in [-0.2, -0.15) is 0 Å². The van der Waals surface area contributed by atoms with Crippen LogP contribution in [0.2, 0.25) is 5.02 Å². The third-order valence-electron chi connectivity index (χ3n) is 5.28. The number of halogens is 2. The van der Waals surface area contributed by atoms with E-state index in [1.165, 1.54) is 19.3 Å². The van der Waals surface area contributed by atoms with Gasteiger partial charge in [0.25, 0.3) is 0 Å². The number of hydrogen-bond acceptors (Lipinski definition) is 6. The molecule has 0 radical (unpaired) electrons. The molecule has 1 saturated heterocycles. The third-order valence-corrected chi connectivity index (χ3v) is 5.61. The number of rotatable bonds is 3. The summed E-state index contributed by atoms with van der Waals surface area (Å²) >= 11 is 6.04. The topological polar surface area (TPSA) is 101 Å². The average Bonchev–Trinajstić information content (AvgIpc) is 3.15. The third kappa shape index (κ3) is 2.89. The van der Waals surface area contributed by atoms with E-state index in [1.54, 1.807) is 16.8 Å². The zero-order valence-corrected chi connectivity index (χ0v) is 15.9. The fourth-order valence-corrected chi connectivity index (χ4v) is 3.92. The summed E-state index contributed by atoms with van der Waals surface area (Å²) in [5.74, 6) is -0.549. The van der Waals surface area contributed by atoms with Crippen molar-refractivity contribution in [3.63, 3.8) is 0 Å². The SMILES string of the molecule is Cc1ncnc2c1ccn2[C@@H]1O[C@H]([C@@H](O)c2ccc(F)cc2Cl)[C@@](C)(O)[C@H]1O. The highest BCUT2D eigenvalue weighted by atomic mass is 35.5. The predicted octanol–water partition coefficient (Wildman–Crippen LogP) is 2.28. The molecular weight excluding hydrogens is 389 g/mol. The van der Waals surface area contributed by atoms with Gasteiger partial charge in [-0.3, -0.25) is 0 Å². The lowest BCUT2D eigenvalue weighted by Gasteiger charge is -2.30. The average molecular weight is 408 g/mol. The van der Waals surface area contributed by atoms with E-state index in [2.05, 4.69) is 9.97 Å². The van der Waals surface area contributed by atoms with Gasteiger partial charge in [0.1, 0.15) is 41.7 Å². The van der Waals surface area contributed by atoms with Gasteiger partial charge in [0.2, 0.25) is 0 Å². The standard InChI is InChI=1S/C19H19ClFN3O4/c1-9-11-5-6-24(17(11)23-8-22-9)18-15(26)19(2,27)16(28-18)14(25)12-4-3-10(21)7-13(12)20/h3-8,14-16,18,25-27H,1-2H3/t14-,15-,16+,18+,19-/m0/s1. The molecule has 1 aromatic carbocycles. The molecule has 5 atom stereocenters. The van der Waals surface area contributed by atoms with Crippen LogP contribution >= 0.6 is 11.6 Å². The quantitative estimate of drug-likeness (QED) is 0.615. The van der Waals surface area contributed by atoms with E-state index in [-0.39, 0.29) is 10.6 Å². The van der Waals surface area contributed by atoms with Gasteiger partial charge < -0.3 is 24.6 Å². The fourth-order valence-electron chi connectivity index (χ4n) is 3.64. The van der Waals surface area contributed by atoms with Gasteiger partial charge >= 0.3 is 0 Å². The van der Waals surface area contributed by atoms with Crippen molar-refractivity contribution in [1.82, 2.24) is 14.5 Å². The van der Waals surface area contributed by atoms with E-state index >= 15 is 0 Å². The first-order valence-corrected chi connectivity index (χ1v) is 9.06. The second kappa shape index (κ2) is 6.75. The lowest BCUT2D eigenvalue weighted by Crippen LogP contribution is -2.47. The highest BCUT2D eigenvalue weighted by Gasteiger charge is 2.56. The molecule has 0 unspecified atom stereocenters. The predicted molar refractivity (Wildman–Crippen MR) is 99.2 cm³/mol. The summed E-state index contributed by atoms with van der Waals surface area (Å²) in [5.41, 5.74) is -0.322. The Morgan fingerprint density at radius 1 is 1.32 bits per heavy atom. The number of benzene rings is 1. The molecule has 0 bridgehead atoms. The van der Waals surface area contributed by atoms with Crippen molar-refractivity contribution in [2.45, 2.75) is 44.0 Å². The van der Waals surface area contributed by atoms with E-state index in [9.17, 15) is 19.7 Å². The molecule has 2 aromatic heterocycles. The summed E-state index contributed by atoms with van der Waals surface area (Å²) in [5, 5.41) is 33.2. The molecule has 1 fully saturated rings. The van der Waals surface area contributed by atoms with Crippen LogP contribution in [0.4, 0.5) is 4.39 Å². The zero-order chi connectivity index (χ0) is 20.2. The first-order valence-electron chi connectivity index (χ1n) is 8.69. The molecule has 3 N–H and O–H groups in total. The van der Waals surface area contributed by atoms with Crippen molar-refractivity contribution >= 4 is 22.6 Å². The maximum absolute atomic E-state index is 13.3. The van der Waals surface area contributed by atoms with Crippen LogP contribution in [0.5, 0.6) is 0 Å². The number of fused-ring (bicyclic) bond motifs is 1. The molecule has 1 aliphatic heterocycles. The van der Waals surface area contributed by atoms with Gasteiger partial charge in [0.15, 0.2) is 6.23 Å². The van der Waals surface area contributed by atoms with Gasteiger partial charge in [-0.05, 0) is 32.0 Å². The highest BCUT2D eigenvalue weighted by Crippen LogP contribution is 2.44. The van der Waals surface area contributed by atoms with Crippen LogP contribution in [-0.2, 0) is 4.74 Å². The second-order valence-corrected chi connectivity index (χ2v) is 7.56. The molecule has 0 saturated carbocycles. The highest BCUT2D eigenvalue weighted by molar-refractivity contribution is 6.31. The summed E-state index contributed by atoms with van der Waals surface area (Å²) in [4.78, 5) is 8.37. The molecule has 9 heteroatoms. The lowest BCUT2D eigenvalue weighted by molar-refractivity contribution is -0.114. The van der Waals surface area contributed by atoms with Crippen molar-refractivity contribution in [3.05, 3.63) is 58.9 Å².